The lowest BCUT2D eigenvalue weighted by atomic mass is 10.00. The summed E-state index contributed by atoms with van der Waals surface area (Å²) >= 11 is 0. The zero-order valence-corrected chi connectivity index (χ0v) is 34.4. The van der Waals surface area contributed by atoms with Gasteiger partial charge in [0.2, 0.25) is 6.79 Å². The molecule has 312 valence electrons. The molecule has 0 rings (SSSR count). The highest BCUT2D eigenvalue weighted by molar-refractivity contribution is 5.71. The quantitative estimate of drug-likeness (QED) is 0.0270. The third-order valence-corrected chi connectivity index (χ3v) is 9.89. The van der Waals surface area contributed by atoms with Crippen LogP contribution in [0.2, 0.25) is 0 Å². The number of aliphatic hydroxyl groups excluding tert-OH is 2. The average molecular weight is 757 g/mol. The molecule has 0 aliphatic heterocycles. The number of ether oxygens (including phenoxy) is 4. The zero-order chi connectivity index (χ0) is 39.4. The monoisotopic (exact) mass is 757 g/mol. The van der Waals surface area contributed by atoms with Crippen LogP contribution < -0.4 is 0 Å². The van der Waals surface area contributed by atoms with Gasteiger partial charge in [0.05, 0.1) is 12.2 Å². The van der Waals surface area contributed by atoms with Crippen molar-refractivity contribution in [2.24, 2.45) is 0 Å². The molecule has 0 aromatic heterocycles. The van der Waals surface area contributed by atoms with Crippen molar-refractivity contribution in [3.8, 4) is 0 Å². The number of carbonyl (C=O) groups is 4. The summed E-state index contributed by atoms with van der Waals surface area (Å²) in [6.07, 6.45) is 24.5. The molecule has 0 aliphatic carbocycles. The van der Waals surface area contributed by atoms with E-state index in [0.29, 0.717) is 38.5 Å². The Kier molecular flexibility index (Phi) is 35.2. The molecule has 0 fully saturated rings. The first-order valence-corrected chi connectivity index (χ1v) is 21.7. The highest BCUT2D eigenvalue weighted by atomic mass is 16.7. The first-order chi connectivity index (χ1) is 25.7. The normalized spacial score (nSPS) is 13.5. The number of carbonyl (C=O) groups excluding carboxylic acids is 4. The second-order valence-electron chi connectivity index (χ2n) is 14.8. The van der Waals surface area contributed by atoms with Gasteiger partial charge < -0.3 is 29.2 Å². The first-order valence-electron chi connectivity index (χ1n) is 21.7. The Morgan fingerprint density at radius 3 is 1.02 bits per heavy atom. The van der Waals surface area contributed by atoms with E-state index in [0.717, 1.165) is 154 Å². The Labute approximate surface area is 323 Å². The second kappa shape index (κ2) is 36.8. The Morgan fingerprint density at radius 1 is 0.396 bits per heavy atom. The summed E-state index contributed by atoms with van der Waals surface area (Å²) in [4.78, 5) is 47.4. The standard InChI is InChI=1S/C43H80O10/c1-5-9-23-31-38(52-40(46)7-3)36(44)29-25-19-15-11-13-17-21-27-33-42(48)50-35-51-43(49)34-28-22-18-14-12-16-20-26-30-37(45)39(32-24-10-6-2)53-41(47)8-4/h36-39,44-45H,5-35H2,1-4H3. The summed E-state index contributed by atoms with van der Waals surface area (Å²) in [5, 5.41) is 21.1. The summed E-state index contributed by atoms with van der Waals surface area (Å²) in [7, 11) is 0. The zero-order valence-electron chi connectivity index (χ0n) is 34.4. The molecule has 0 saturated carbocycles. The van der Waals surface area contributed by atoms with Crippen LogP contribution in [0.4, 0.5) is 0 Å². The minimum Gasteiger partial charge on any atom is -0.460 e. The molecule has 4 atom stereocenters. The fraction of sp³-hybridized carbons (Fsp3) is 0.907. The topological polar surface area (TPSA) is 146 Å². The first kappa shape index (κ1) is 50.8. The van der Waals surface area contributed by atoms with Gasteiger partial charge in [-0.3, -0.25) is 19.2 Å². The van der Waals surface area contributed by atoms with Crippen molar-refractivity contribution in [1.29, 1.82) is 0 Å². The van der Waals surface area contributed by atoms with Gasteiger partial charge in [-0.05, 0) is 51.4 Å². The van der Waals surface area contributed by atoms with E-state index in [9.17, 15) is 29.4 Å². The molecule has 10 heteroatoms. The molecule has 2 N–H and O–H groups in total. The predicted octanol–water partition coefficient (Wildman–Crippen LogP) is 10.4. The fourth-order valence-electron chi connectivity index (χ4n) is 6.40. The lowest BCUT2D eigenvalue weighted by molar-refractivity contribution is -0.167. The molecule has 0 saturated heterocycles. The van der Waals surface area contributed by atoms with E-state index in [1.165, 1.54) is 0 Å². The van der Waals surface area contributed by atoms with E-state index < -0.39 is 24.4 Å². The van der Waals surface area contributed by atoms with Crippen LogP contribution in [0.15, 0.2) is 0 Å². The molecule has 10 nitrogen and oxygen atoms in total. The lowest BCUT2D eigenvalue weighted by Crippen LogP contribution is -2.31. The molecule has 0 spiro atoms. The second-order valence-corrected chi connectivity index (χ2v) is 14.8. The smallest absolute Gasteiger partial charge is 0.308 e. The Hall–Kier alpha value is -2.20. The fourth-order valence-corrected chi connectivity index (χ4v) is 6.40. The number of hydrogen-bond donors (Lipinski definition) is 2. The van der Waals surface area contributed by atoms with E-state index in [-0.39, 0.29) is 30.7 Å². The molecule has 0 radical (unpaired) electrons. The van der Waals surface area contributed by atoms with Crippen LogP contribution in [0.1, 0.15) is 220 Å². The van der Waals surface area contributed by atoms with Crippen LogP contribution in [0, 0.1) is 0 Å². The summed E-state index contributed by atoms with van der Waals surface area (Å²) < 4.78 is 21.1. The molecule has 0 bridgehead atoms. The van der Waals surface area contributed by atoms with Crippen LogP contribution in [0.25, 0.3) is 0 Å². The summed E-state index contributed by atoms with van der Waals surface area (Å²) in [5.41, 5.74) is 0. The molecular formula is C43H80O10. The molecule has 53 heavy (non-hydrogen) atoms. The molecular weight excluding hydrogens is 676 g/mol. The van der Waals surface area contributed by atoms with Gasteiger partial charge in [-0.1, -0.05) is 143 Å². The van der Waals surface area contributed by atoms with Crippen LogP contribution >= 0.6 is 0 Å². The largest absolute Gasteiger partial charge is 0.460 e. The highest BCUT2D eigenvalue weighted by Crippen LogP contribution is 2.20. The third-order valence-electron chi connectivity index (χ3n) is 9.89. The minimum atomic E-state index is -0.594. The van der Waals surface area contributed by atoms with Crippen molar-refractivity contribution in [1.82, 2.24) is 0 Å². The molecule has 4 unspecified atom stereocenters. The van der Waals surface area contributed by atoms with E-state index in [2.05, 4.69) is 13.8 Å². The van der Waals surface area contributed by atoms with Gasteiger partial charge in [-0.2, -0.15) is 0 Å². The Balaban J connectivity index is 3.71. The van der Waals surface area contributed by atoms with Gasteiger partial charge in [-0.15, -0.1) is 0 Å². The molecule has 0 aromatic carbocycles. The van der Waals surface area contributed by atoms with Gasteiger partial charge in [0, 0.05) is 25.7 Å². The van der Waals surface area contributed by atoms with Crippen LogP contribution in [-0.2, 0) is 38.1 Å². The van der Waals surface area contributed by atoms with Gasteiger partial charge in [-0.25, -0.2) is 0 Å². The summed E-state index contributed by atoms with van der Waals surface area (Å²) in [6, 6.07) is 0. The number of hydrogen-bond acceptors (Lipinski definition) is 10. The number of rotatable bonds is 38. The molecule has 0 heterocycles. The van der Waals surface area contributed by atoms with Crippen LogP contribution in [0.5, 0.6) is 0 Å². The maximum atomic E-state index is 12.0. The van der Waals surface area contributed by atoms with Gasteiger partial charge in [0.1, 0.15) is 12.2 Å². The maximum Gasteiger partial charge on any atom is 0.308 e. The van der Waals surface area contributed by atoms with Crippen molar-refractivity contribution in [3.05, 3.63) is 0 Å². The van der Waals surface area contributed by atoms with Crippen molar-refractivity contribution >= 4 is 23.9 Å². The average Bonchev–Trinajstić information content (AvgIpc) is 3.15. The molecule has 0 aliphatic rings. The SMILES string of the molecule is CCCCCC(OC(=O)CC)C(O)CCCCCCCCCCC(=O)OCOC(=O)CCCCCCCCCCC(O)C(CCCCC)OC(=O)CC. The van der Waals surface area contributed by atoms with Crippen molar-refractivity contribution in [2.75, 3.05) is 6.79 Å². The molecule has 0 aromatic rings. The summed E-state index contributed by atoms with van der Waals surface area (Å²) in [5.74, 6) is -1.16. The van der Waals surface area contributed by atoms with E-state index in [4.69, 9.17) is 18.9 Å². The predicted molar refractivity (Wildman–Crippen MR) is 210 cm³/mol. The van der Waals surface area contributed by atoms with Crippen molar-refractivity contribution < 1.29 is 48.3 Å². The molecule has 0 amide bonds. The Bertz CT molecular complexity index is 824. The van der Waals surface area contributed by atoms with Crippen molar-refractivity contribution in [3.63, 3.8) is 0 Å². The maximum absolute atomic E-state index is 12.0. The van der Waals surface area contributed by atoms with Crippen molar-refractivity contribution in [2.45, 2.75) is 245 Å². The number of esters is 4. The number of aliphatic hydroxyl groups is 2. The summed E-state index contributed by atoms with van der Waals surface area (Å²) in [6.45, 7) is 7.50. The van der Waals surface area contributed by atoms with E-state index in [1.807, 2.05) is 0 Å². The van der Waals surface area contributed by atoms with Gasteiger partial charge >= 0.3 is 23.9 Å². The van der Waals surface area contributed by atoms with Gasteiger partial charge in [0.15, 0.2) is 0 Å². The van der Waals surface area contributed by atoms with E-state index in [1.54, 1.807) is 13.8 Å². The third kappa shape index (κ3) is 31.8. The Morgan fingerprint density at radius 2 is 0.698 bits per heavy atom. The lowest BCUT2D eigenvalue weighted by Gasteiger charge is -2.23. The van der Waals surface area contributed by atoms with Crippen LogP contribution in [0.3, 0.4) is 0 Å². The number of unbranched alkanes of at least 4 members (excludes halogenated alkanes) is 18. The van der Waals surface area contributed by atoms with Crippen LogP contribution in [-0.4, -0.2) is 65.3 Å². The van der Waals surface area contributed by atoms with Gasteiger partial charge in [0.25, 0.3) is 0 Å². The van der Waals surface area contributed by atoms with E-state index >= 15 is 0 Å². The highest BCUT2D eigenvalue weighted by Gasteiger charge is 2.23. The minimum absolute atomic E-state index is 0.244.